The van der Waals surface area contributed by atoms with Gasteiger partial charge >= 0.3 is 0 Å². The van der Waals surface area contributed by atoms with Gasteiger partial charge in [0.05, 0.1) is 13.1 Å². The molecule has 0 unspecified atom stereocenters. The van der Waals surface area contributed by atoms with Crippen molar-refractivity contribution in [1.82, 2.24) is 9.80 Å². The van der Waals surface area contributed by atoms with Gasteiger partial charge in [0.1, 0.15) is 0 Å². The van der Waals surface area contributed by atoms with Crippen molar-refractivity contribution in [3.05, 3.63) is 0 Å². The molecule has 0 radical (unpaired) electrons. The van der Waals surface area contributed by atoms with Gasteiger partial charge in [-0.1, -0.05) is 27.7 Å². The van der Waals surface area contributed by atoms with E-state index in [2.05, 4.69) is 11.9 Å². The van der Waals surface area contributed by atoms with E-state index in [9.17, 15) is 8.78 Å². The molecular weight excluding hydrogens is 282 g/mol. The number of nitrogens with zero attached hydrogens (tertiary/aromatic N) is 2. The smallest absolute Gasteiger partial charge is 0.272 e. The van der Waals surface area contributed by atoms with Gasteiger partial charge in [-0.05, 0) is 64.1 Å². The summed E-state index contributed by atoms with van der Waals surface area (Å²) in [5.74, 6) is -2.40. The Balaban J connectivity index is 0.000000561. The summed E-state index contributed by atoms with van der Waals surface area (Å²) >= 11 is 0. The monoisotopic (exact) mass is 318 g/mol. The van der Waals surface area contributed by atoms with Crippen LogP contribution in [0.4, 0.5) is 8.78 Å². The summed E-state index contributed by atoms with van der Waals surface area (Å²) < 4.78 is 25.8. The van der Waals surface area contributed by atoms with Gasteiger partial charge in [-0.3, -0.25) is 4.90 Å². The number of alkyl halides is 2. The zero-order valence-electron chi connectivity index (χ0n) is 15.3. The van der Waals surface area contributed by atoms with Gasteiger partial charge in [0.25, 0.3) is 5.92 Å². The number of likely N-dealkylation sites (tertiary alicyclic amines) is 2. The van der Waals surface area contributed by atoms with Crippen LogP contribution in [0.1, 0.15) is 66.2 Å². The predicted octanol–water partition coefficient (Wildman–Crippen LogP) is 4.64. The molecule has 2 nitrogen and oxygen atoms in total. The lowest BCUT2D eigenvalue weighted by Gasteiger charge is -2.50. The molecule has 0 aromatic heterocycles. The second-order valence-electron chi connectivity index (χ2n) is 6.80. The normalized spacial score (nSPS) is 28.0. The second kappa shape index (κ2) is 8.58. The Morgan fingerprint density at radius 3 is 1.68 bits per heavy atom. The number of piperidine rings is 1. The molecule has 0 N–H and O–H groups in total. The summed E-state index contributed by atoms with van der Waals surface area (Å²) in [6.45, 7) is 10.4. The van der Waals surface area contributed by atoms with Crippen molar-refractivity contribution < 1.29 is 8.78 Å². The molecule has 3 fully saturated rings. The lowest BCUT2D eigenvalue weighted by Crippen LogP contribution is -2.61. The van der Waals surface area contributed by atoms with E-state index in [1.54, 1.807) is 0 Å². The highest BCUT2D eigenvalue weighted by atomic mass is 19.3. The molecule has 0 amide bonds. The quantitative estimate of drug-likeness (QED) is 0.694. The maximum absolute atomic E-state index is 12.9. The topological polar surface area (TPSA) is 6.48 Å². The van der Waals surface area contributed by atoms with Gasteiger partial charge in [0, 0.05) is 6.04 Å². The average molecular weight is 318 g/mol. The number of halogens is 2. The van der Waals surface area contributed by atoms with Crippen LogP contribution < -0.4 is 0 Å². The Morgan fingerprint density at radius 1 is 0.818 bits per heavy atom. The van der Waals surface area contributed by atoms with Gasteiger partial charge < -0.3 is 4.90 Å². The van der Waals surface area contributed by atoms with E-state index in [4.69, 9.17) is 0 Å². The van der Waals surface area contributed by atoms with Gasteiger partial charge in [-0.15, -0.1) is 0 Å². The Hall–Kier alpha value is -0.220. The minimum absolute atomic E-state index is 0.00735. The summed E-state index contributed by atoms with van der Waals surface area (Å²) in [5, 5.41) is 0. The van der Waals surface area contributed by atoms with Crippen molar-refractivity contribution in [3.8, 4) is 0 Å². The molecule has 2 aliphatic heterocycles. The third-order valence-electron chi connectivity index (χ3n) is 5.45. The van der Waals surface area contributed by atoms with E-state index >= 15 is 0 Å². The van der Waals surface area contributed by atoms with Gasteiger partial charge in [-0.25, -0.2) is 8.78 Å². The van der Waals surface area contributed by atoms with Crippen LogP contribution in [0.2, 0.25) is 0 Å². The fourth-order valence-corrected chi connectivity index (χ4v) is 3.98. The molecule has 3 aliphatic rings. The van der Waals surface area contributed by atoms with Crippen LogP contribution in [0.5, 0.6) is 0 Å². The van der Waals surface area contributed by atoms with Crippen LogP contribution in [0, 0.1) is 5.41 Å². The van der Waals surface area contributed by atoms with E-state index in [0.29, 0.717) is 11.5 Å². The molecule has 1 saturated carbocycles. The highest BCUT2D eigenvalue weighted by Crippen LogP contribution is 2.46. The van der Waals surface area contributed by atoms with Crippen molar-refractivity contribution in [2.24, 2.45) is 5.41 Å². The molecule has 132 valence electrons. The zero-order valence-corrected chi connectivity index (χ0v) is 15.3. The van der Waals surface area contributed by atoms with Gasteiger partial charge in [0.15, 0.2) is 0 Å². The number of hydrogen-bond acceptors (Lipinski definition) is 2. The van der Waals surface area contributed by atoms with E-state index in [1.807, 2.05) is 32.6 Å². The van der Waals surface area contributed by atoms with Crippen LogP contribution in [0.3, 0.4) is 0 Å². The summed E-state index contributed by atoms with van der Waals surface area (Å²) in [6, 6.07) is 0.440. The van der Waals surface area contributed by atoms with Crippen molar-refractivity contribution in [2.45, 2.75) is 78.2 Å². The largest absolute Gasteiger partial charge is 0.306 e. The van der Waals surface area contributed by atoms with Crippen LogP contribution in [-0.2, 0) is 0 Å². The minimum atomic E-state index is -2.40. The fourth-order valence-electron chi connectivity index (χ4n) is 3.98. The second-order valence-corrected chi connectivity index (χ2v) is 6.80. The minimum Gasteiger partial charge on any atom is -0.306 e. The molecule has 1 spiro atoms. The zero-order chi connectivity index (χ0) is 16.8. The van der Waals surface area contributed by atoms with E-state index in [0.717, 1.165) is 12.8 Å². The van der Waals surface area contributed by atoms with E-state index in [1.165, 1.54) is 38.8 Å². The summed E-state index contributed by atoms with van der Waals surface area (Å²) in [4.78, 5) is 4.41. The van der Waals surface area contributed by atoms with Crippen molar-refractivity contribution in [1.29, 1.82) is 0 Å². The molecule has 2 saturated heterocycles. The molecule has 0 atom stereocenters. The van der Waals surface area contributed by atoms with Crippen molar-refractivity contribution in [2.75, 3.05) is 33.2 Å². The predicted molar refractivity (Wildman–Crippen MR) is 90.6 cm³/mol. The first-order valence-corrected chi connectivity index (χ1v) is 9.29. The Labute approximate surface area is 136 Å². The van der Waals surface area contributed by atoms with Crippen LogP contribution in [0.15, 0.2) is 0 Å². The van der Waals surface area contributed by atoms with E-state index < -0.39 is 5.92 Å². The lowest BCUT2D eigenvalue weighted by atomic mass is 9.66. The first-order chi connectivity index (χ1) is 10.5. The standard InChI is InChI=1S/C14H24F2N2.2C2H6/c1-17-8-6-13(7-9-17)4-2-12(3-5-13)18-10-14(15,16)11-18;2*1-2/h12H,2-11H2,1H3;2*1-2H3. The van der Waals surface area contributed by atoms with E-state index in [-0.39, 0.29) is 13.1 Å². The van der Waals surface area contributed by atoms with Gasteiger partial charge in [0.2, 0.25) is 0 Å². The van der Waals surface area contributed by atoms with Crippen LogP contribution in [0.25, 0.3) is 0 Å². The fraction of sp³-hybridized carbons (Fsp3) is 1.00. The Morgan fingerprint density at radius 2 is 1.27 bits per heavy atom. The van der Waals surface area contributed by atoms with Crippen LogP contribution in [-0.4, -0.2) is 55.0 Å². The molecule has 22 heavy (non-hydrogen) atoms. The summed E-state index contributed by atoms with van der Waals surface area (Å²) in [7, 11) is 2.20. The Bertz CT molecular complexity index is 294. The molecule has 1 aliphatic carbocycles. The number of hydrogen-bond donors (Lipinski definition) is 0. The lowest BCUT2D eigenvalue weighted by molar-refractivity contribution is -0.153. The maximum Gasteiger partial charge on any atom is 0.272 e. The van der Waals surface area contributed by atoms with Crippen molar-refractivity contribution in [3.63, 3.8) is 0 Å². The molecule has 0 aromatic rings. The summed E-state index contributed by atoms with van der Waals surface area (Å²) in [6.07, 6.45) is 7.42. The third-order valence-corrected chi connectivity index (χ3v) is 5.45. The Kier molecular flexibility index (Phi) is 7.73. The summed E-state index contributed by atoms with van der Waals surface area (Å²) in [5.41, 5.74) is 0.552. The molecule has 0 aromatic carbocycles. The third kappa shape index (κ3) is 4.89. The van der Waals surface area contributed by atoms with Crippen molar-refractivity contribution >= 4 is 0 Å². The molecule has 2 heterocycles. The number of rotatable bonds is 1. The highest BCUT2D eigenvalue weighted by molar-refractivity contribution is 4.97. The molecular formula is C18H36F2N2. The molecule has 4 heteroatoms. The molecule has 0 bridgehead atoms. The van der Waals surface area contributed by atoms with Crippen LogP contribution >= 0.6 is 0 Å². The SMILES string of the molecule is CC.CC.CN1CCC2(CCC(N3CC(F)(F)C3)CC2)CC1. The first-order valence-electron chi connectivity index (χ1n) is 9.29. The highest BCUT2D eigenvalue weighted by Gasteiger charge is 2.48. The molecule has 3 rings (SSSR count). The first kappa shape index (κ1) is 19.8. The maximum atomic E-state index is 12.9. The van der Waals surface area contributed by atoms with Gasteiger partial charge in [-0.2, -0.15) is 0 Å². The average Bonchev–Trinajstić information content (AvgIpc) is 2.53.